The number of amides is 2. The molecule has 0 bridgehead atoms. The van der Waals surface area contributed by atoms with Crippen molar-refractivity contribution >= 4 is 34.4 Å². The molecule has 38 heavy (non-hydrogen) atoms. The van der Waals surface area contributed by atoms with Crippen molar-refractivity contribution in [2.24, 2.45) is 7.05 Å². The number of nitrogens with two attached hydrogens (primary N) is 1. The highest BCUT2D eigenvalue weighted by Crippen LogP contribution is 2.41. The molecule has 192 valence electrons. The summed E-state index contributed by atoms with van der Waals surface area (Å²) in [5, 5.41) is 7.35. The molecule has 11 heteroatoms. The minimum absolute atomic E-state index is 0.0522. The predicted molar refractivity (Wildman–Crippen MR) is 143 cm³/mol. The number of nitrogen functional groups attached to an aromatic ring is 1. The Morgan fingerprint density at radius 2 is 1.74 bits per heavy atom. The van der Waals surface area contributed by atoms with Gasteiger partial charge in [0, 0.05) is 37.3 Å². The minimum Gasteiger partial charge on any atom is -0.383 e. The average molecular weight is 511 g/mol. The molecular weight excluding hydrogens is 484 g/mol. The quantitative estimate of drug-likeness (QED) is 0.335. The smallest absolute Gasteiger partial charge is 0.254 e. The van der Waals surface area contributed by atoms with E-state index in [1.807, 2.05) is 54.9 Å². The first kappa shape index (κ1) is 24.6. The van der Waals surface area contributed by atoms with E-state index >= 15 is 0 Å². The fraction of sp³-hybridized carbons (Fsp3) is 0.185. The normalized spacial score (nSPS) is 11.0. The van der Waals surface area contributed by atoms with Crippen molar-refractivity contribution < 1.29 is 14.1 Å². The van der Waals surface area contributed by atoms with Crippen LogP contribution in [0.15, 0.2) is 65.8 Å². The largest absolute Gasteiger partial charge is 0.383 e. The van der Waals surface area contributed by atoms with Gasteiger partial charge in [-0.2, -0.15) is 4.98 Å². The molecule has 0 unspecified atom stereocenters. The van der Waals surface area contributed by atoms with Gasteiger partial charge >= 0.3 is 0 Å². The zero-order valence-electron chi connectivity index (χ0n) is 21.2. The Hall–Kier alpha value is -5.06. The Balaban J connectivity index is 1.54. The van der Waals surface area contributed by atoms with E-state index in [-0.39, 0.29) is 18.4 Å². The molecular formula is C27H26N8O3. The van der Waals surface area contributed by atoms with Gasteiger partial charge in [0.15, 0.2) is 5.82 Å². The maximum atomic E-state index is 13.0. The molecule has 5 aromatic rings. The lowest BCUT2D eigenvalue weighted by atomic mass is 9.97. The second kappa shape index (κ2) is 10.1. The van der Waals surface area contributed by atoms with Gasteiger partial charge in [0.25, 0.3) is 5.91 Å². The van der Waals surface area contributed by atoms with Crippen molar-refractivity contribution in [1.82, 2.24) is 29.6 Å². The van der Waals surface area contributed by atoms with Crippen molar-refractivity contribution in [2.75, 3.05) is 18.1 Å². The van der Waals surface area contributed by atoms with Gasteiger partial charge < -0.3 is 25.0 Å². The SMILES string of the molecule is CCC(=O)Nc1ccc(-c2c(-c3ccc(C(=O)N(C)Cc4ncon4)cc3)c3c(N)ncnc3n2C)cc1. The Morgan fingerprint density at radius 1 is 1.03 bits per heavy atom. The van der Waals surface area contributed by atoms with Crippen LogP contribution in [0.3, 0.4) is 0 Å². The molecule has 0 aliphatic rings. The third-order valence-electron chi connectivity index (χ3n) is 6.31. The number of carbonyl (C=O) groups excluding carboxylic acids is 2. The molecule has 0 atom stereocenters. The fourth-order valence-electron chi connectivity index (χ4n) is 4.40. The van der Waals surface area contributed by atoms with Crippen molar-refractivity contribution in [2.45, 2.75) is 19.9 Å². The Kier molecular flexibility index (Phi) is 6.56. The molecule has 0 aliphatic heterocycles. The van der Waals surface area contributed by atoms with E-state index in [9.17, 15) is 9.59 Å². The van der Waals surface area contributed by atoms with E-state index in [0.29, 0.717) is 35.0 Å². The van der Waals surface area contributed by atoms with Crippen molar-refractivity contribution in [1.29, 1.82) is 0 Å². The number of rotatable bonds is 7. The number of hydrogen-bond acceptors (Lipinski definition) is 8. The number of nitrogens with zero attached hydrogens (tertiary/aromatic N) is 6. The van der Waals surface area contributed by atoms with E-state index in [2.05, 4.69) is 25.4 Å². The second-order valence-corrected chi connectivity index (χ2v) is 8.81. The Bertz CT molecular complexity index is 1610. The first-order valence-corrected chi connectivity index (χ1v) is 12.0. The molecule has 0 radical (unpaired) electrons. The lowest BCUT2D eigenvalue weighted by Crippen LogP contribution is -2.26. The number of aryl methyl sites for hydroxylation is 1. The number of benzene rings is 2. The summed E-state index contributed by atoms with van der Waals surface area (Å²) in [6.07, 6.45) is 3.07. The Labute approximate surface area is 218 Å². The van der Waals surface area contributed by atoms with E-state index < -0.39 is 0 Å². The summed E-state index contributed by atoms with van der Waals surface area (Å²) in [7, 11) is 3.60. The van der Waals surface area contributed by atoms with E-state index in [0.717, 1.165) is 27.8 Å². The zero-order chi connectivity index (χ0) is 26.8. The third-order valence-corrected chi connectivity index (χ3v) is 6.31. The summed E-state index contributed by atoms with van der Waals surface area (Å²) < 4.78 is 6.72. The van der Waals surface area contributed by atoms with Gasteiger partial charge in [-0.05, 0) is 35.4 Å². The monoisotopic (exact) mass is 510 g/mol. The van der Waals surface area contributed by atoms with Crippen LogP contribution in [0.4, 0.5) is 11.5 Å². The van der Waals surface area contributed by atoms with Gasteiger partial charge in [0.05, 0.1) is 17.6 Å². The zero-order valence-corrected chi connectivity index (χ0v) is 21.2. The maximum absolute atomic E-state index is 13.0. The van der Waals surface area contributed by atoms with E-state index in [1.54, 1.807) is 19.2 Å². The highest BCUT2D eigenvalue weighted by molar-refractivity contribution is 6.08. The van der Waals surface area contributed by atoms with Gasteiger partial charge in [0.1, 0.15) is 17.8 Å². The summed E-state index contributed by atoms with van der Waals surface area (Å²) in [5.74, 6) is 0.558. The van der Waals surface area contributed by atoms with Crippen LogP contribution < -0.4 is 11.1 Å². The summed E-state index contributed by atoms with van der Waals surface area (Å²) in [6, 6.07) is 14.9. The van der Waals surface area contributed by atoms with Crippen molar-refractivity contribution in [3.63, 3.8) is 0 Å². The second-order valence-electron chi connectivity index (χ2n) is 8.81. The number of nitrogens with one attached hydrogen (secondary N) is 1. The topological polar surface area (TPSA) is 145 Å². The third kappa shape index (κ3) is 4.57. The number of carbonyl (C=O) groups is 2. The fourth-order valence-corrected chi connectivity index (χ4v) is 4.40. The molecule has 2 amide bonds. The maximum Gasteiger partial charge on any atom is 0.254 e. The van der Waals surface area contributed by atoms with Gasteiger partial charge in [0.2, 0.25) is 12.3 Å². The summed E-state index contributed by atoms with van der Waals surface area (Å²) in [6.45, 7) is 2.04. The van der Waals surface area contributed by atoms with Crippen LogP contribution in [0.5, 0.6) is 0 Å². The molecule has 0 saturated heterocycles. The lowest BCUT2D eigenvalue weighted by molar-refractivity contribution is -0.115. The molecule has 0 saturated carbocycles. The molecule has 0 spiro atoms. The molecule has 3 N–H and O–H groups in total. The van der Waals surface area contributed by atoms with Gasteiger partial charge in [-0.1, -0.05) is 36.3 Å². The van der Waals surface area contributed by atoms with E-state index in [1.165, 1.54) is 17.6 Å². The minimum atomic E-state index is -0.174. The summed E-state index contributed by atoms with van der Waals surface area (Å²) in [4.78, 5) is 39.0. The molecule has 0 fully saturated rings. The number of anilines is 2. The van der Waals surface area contributed by atoms with Crippen LogP contribution in [-0.2, 0) is 18.4 Å². The van der Waals surface area contributed by atoms with Gasteiger partial charge in [-0.25, -0.2) is 9.97 Å². The van der Waals surface area contributed by atoms with Gasteiger partial charge in [-0.3, -0.25) is 9.59 Å². The first-order valence-electron chi connectivity index (χ1n) is 12.0. The molecule has 11 nitrogen and oxygen atoms in total. The van der Waals surface area contributed by atoms with Crippen LogP contribution in [0.1, 0.15) is 29.5 Å². The molecule has 3 heterocycles. The van der Waals surface area contributed by atoms with Crippen molar-refractivity contribution in [3.05, 3.63) is 72.6 Å². The lowest BCUT2D eigenvalue weighted by Gasteiger charge is -2.15. The molecule has 0 aliphatic carbocycles. The standard InChI is InChI=1S/C27H26N8O3/c1-4-21(36)32-19-11-9-17(10-12-19)24-22(23-25(28)29-14-30-26(23)35(24)3)16-5-7-18(8-6-16)27(37)34(2)13-20-31-15-38-33-20/h5-12,14-15H,4,13H2,1-3H3,(H,32,36)(H2,28,29,30). The van der Waals surface area contributed by atoms with Crippen molar-refractivity contribution in [3.8, 4) is 22.4 Å². The summed E-state index contributed by atoms with van der Waals surface area (Å²) >= 11 is 0. The van der Waals surface area contributed by atoms with Crippen LogP contribution >= 0.6 is 0 Å². The number of hydrogen-bond donors (Lipinski definition) is 2. The number of aromatic nitrogens is 5. The van der Waals surface area contributed by atoms with Crippen LogP contribution in [0.25, 0.3) is 33.4 Å². The summed E-state index contributed by atoms with van der Waals surface area (Å²) in [5.41, 5.74) is 11.8. The van der Waals surface area contributed by atoms with Gasteiger partial charge in [-0.15, -0.1) is 0 Å². The molecule has 2 aromatic carbocycles. The average Bonchev–Trinajstić information content (AvgIpc) is 3.55. The predicted octanol–water partition coefficient (Wildman–Crippen LogP) is 3.89. The van der Waals surface area contributed by atoms with Crippen LogP contribution in [0.2, 0.25) is 0 Å². The van der Waals surface area contributed by atoms with Crippen LogP contribution in [-0.4, -0.2) is 48.4 Å². The van der Waals surface area contributed by atoms with E-state index in [4.69, 9.17) is 10.3 Å². The molecule has 5 rings (SSSR count). The molecule has 3 aromatic heterocycles. The Morgan fingerprint density at radius 3 is 2.39 bits per heavy atom. The highest BCUT2D eigenvalue weighted by Gasteiger charge is 2.22. The first-order chi connectivity index (χ1) is 18.4. The number of fused-ring (bicyclic) bond motifs is 1. The highest BCUT2D eigenvalue weighted by atomic mass is 16.5. The van der Waals surface area contributed by atoms with Crippen LogP contribution in [0, 0.1) is 0 Å².